The van der Waals surface area contributed by atoms with Crippen LogP contribution in [0.25, 0.3) is 0 Å². The summed E-state index contributed by atoms with van der Waals surface area (Å²) in [5, 5.41) is 3.08. The van der Waals surface area contributed by atoms with Gasteiger partial charge in [-0.05, 0) is 12.1 Å². The number of hydrogen-bond acceptors (Lipinski definition) is 2. The molecule has 2 rings (SSSR count). The molecule has 8 heteroatoms. The van der Waals surface area contributed by atoms with E-state index >= 15 is 0 Å². The molecule has 0 aliphatic carbocycles. The minimum Gasteiger partial charge on any atom is -0.314 e. The van der Waals surface area contributed by atoms with E-state index in [-0.39, 0.29) is 18.0 Å². The molecule has 0 aromatic heterocycles. The first-order valence-corrected chi connectivity index (χ1v) is 6.31. The lowest BCUT2D eigenvalue weighted by Gasteiger charge is -2.33. The molecule has 1 atom stereocenters. The minimum atomic E-state index is -4.60. The van der Waals surface area contributed by atoms with Crippen molar-refractivity contribution in [3.63, 3.8) is 0 Å². The van der Waals surface area contributed by atoms with Crippen molar-refractivity contribution < 1.29 is 22.0 Å². The SMILES string of the molecule is Cl.FC[C@@H](c1ccc(C(F)(F)F)cc1F)N1CCNCC1. The third-order valence-electron chi connectivity index (χ3n) is 3.43. The van der Waals surface area contributed by atoms with Gasteiger partial charge in [0.15, 0.2) is 0 Å². The van der Waals surface area contributed by atoms with Crippen LogP contribution in [-0.4, -0.2) is 37.8 Å². The van der Waals surface area contributed by atoms with Crippen molar-refractivity contribution in [2.24, 2.45) is 0 Å². The third kappa shape index (κ3) is 4.28. The molecule has 1 N–H and O–H groups in total. The third-order valence-corrected chi connectivity index (χ3v) is 3.43. The van der Waals surface area contributed by atoms with Gasteiger partial charge in [0.25, 0.3) is 0 Å². The topological polar surface area (TPSA) is 15.3 Å². The highest BCUT2D eigenvalue weighted by atomic mass is 35.5. The van der Waals surface area contributed by atoms with Gasteiger partial charge in [-0.3, -0.25) is 4.90 Å². The number of hydrogen-bond donors (Lipinski definition) is 1. The molecule has 2 nitrogen and oxygen atoms in total. The zero-order valence-electron chi connectivity index (χ0n) is 11.1. The molecule has 1 aromatic rings. The average molecular weight is 331 g/mol. The van der Waals surface area contributed by atoms with Crippen molar-refractivity contribution in [1.29, 1.82) is 0 Å². The number of nitrogens with zero attached hydrogens (tertiary/aromatic N) is 1. The van der Waals surface area contributed by atoms with Crippen LogP contribution >= 0.6 is 12.4 Å². The molecule has 1 saturated heterocycles. The van der Waals surface area contributed by atoms with E-state index in [1.54, 1.807) is 4.90 Å². The zero-order chi connectivity index (χ0) is 14.8. The van der Waals surface area contributed by atoms with Crippen LogP contribution < -0.4 is 5.32 Å². The fourth-order valence-corrected chi connectivity index (χ4v) is 2.34. The first kappa shape index (κ1) is 18.1. The van der Waals surface area contributed by atoms with Gasteiger partial charge in [-0.25, -0.2) is 8.78 Å². The molecular weight excluding hydrogens is 315 g/mol. The molecule has 1 aliphatic heterocycles. The predicted molar refractivity (Wildman–Crippen MR) is 71.8 cm³/mol. The van der Waals surface area contributed by atoms with E-state index in [1.165, 1.54) is 0 Å². The van der Waals surface area contributed by atoms with Crippen LogP contribution in [0.3, 0.4) is 0 Å². The van der Waals surface area contributed by atoms with Crippen molar-refractivity contribution in [2.75, 3.05) is 32.9 Å². The van der Waals surface area contributed by atoms with Crippen LogP contribution in [0.2, 0.25) is 0 Å². The Labute approximate surface area is 125 Å². The Balaban J connectivity index is 0.00000220. The van der Waals surface area contributed by atoms with Gasteiger partial charge in [-0.15, -0.1) is 12.4 Å². The standard InChI is InChI=1S/C13H15F5N2.ClH/c14-8-12(20-5-3-19-4-6-20)10-2-1-9(7-11(10)15)13(16,17)18;/h1-2,7,12,19H,3-6,8H2;1H/t12-;/m0./s1. The molecule has 1 heterocycles. The molecule has 0 amide bonds. The summed E-state index contributed by atoms with van der Waals surface area (Å²) in [6.07, 6.45) is -4.60. The molecule has 1 aromatic carbocycles. The molecule has 0 radical (unpaired) electrons. The molecule has 120 valence electrons. The van der Waals surface area contributed by atoms with Crippen LogP contribution in [-0.2, 0) is 6.18 Å². The maximum absolute atomic E-state index is 13.9. The monoisotopic (exact) mass is 330 g/mol. The molecule has 21 heavy (non-hydrogen) atoms. The molecular formula is C13H16ClF5N2. The van der Waals surface area contributed by atoms with Gasteiger partial charge in [0.05, 0.1) is 11.6 Å². The van der Waals surface area contributed by atoms with Crippen molar-refractivity contribution in [3.05, 3.63) is 35.1 Å². The lowest BCUT2D eigenvalue weighted by molar-refractivity contribution is -0.137. The minimum absolute atomic E-state index is 0. The van der Waals surface area contributed by atoms with Gasteiger partial charge in [0.2, 0.25) is 0 Å². The second-order valence-corrected chi connectivity index (χ2v) is 4.69. The Hall–Kier alpha value is -0.920. The van der Waals surface area contributed by atoms with Crippen LogP contribution in [0.4, 0.5) is 22.0 Å². The van der Waals surface area contributed by atoms with Gasteiger partial charge in [-0.1, -0.05) is 6.07 Å². The maximum Gasteiger partial charge on any atom is 0.416 e. The van der Waals surface area contributed by atoms with Gasteiger partial charge in [-0.2, -0.15) is 13.2 Å². The van der Waals surface area contributed by atoms with Crippen molar-refractivity contribution >= 4 is 12.4 Å². The molecule has 1 aliphatic rings. The van der Waals surface area contributed by atoms with Crippen LogP contribution in [0.1, 0.15) is 17.2 Å². The normalized spacial score (nSPS) is 18.1. The quantitative estimate of drug-likeness (QED) is 0.856. The number of piperazine rings is 1. The first-order valence-electron chi connectivity index (χ1n) is 6.31. The van der Waals surface area contributed by atoms with Gasteiger partial charge in [0, 0.05) is 31.7 Å². The summed E-state index contributed by atoms with van der Waals surface area (Å²) in [5.41, 5.74) is -1.08. The summed E-state index contributed by atoms with van der Waals surface area (Å²) in [6, 6.07) is 1.42. The smallest absolute Gasteiger partial charge is 0.314 e. The Bertz CT molecular complexity index is 460. The molecule has 0 bridgehead atoms. The van der Waals surface area contributed by atoms with Gasteiger partial charge >= 0.3 is 6.18 Å². The van der Waals surface area contributed by atoms with E-state index in [0.29, 0.717) is 32.2 Å². The summed E-state index contributed by atoms with van der Waals surface area (Å²) < 4.78 is 64.5. The van der Waals surface area contributed by atoms with Gasteiger partial charge < -0.3 is 5.32 Å². The Morgan fingerprint density at radius 3 is 2.29 bits per heavy atom. The number of halogens is 6. The average Bonchev–Trinajstić information content (AvgIpc) is 2.41. The zero-order valence-corrected chi connectivity index (χ0v) is 11.9. The first-order chi connectivity index (χ1) is 9.43. The fourth-order valence-electron chi connectivity index (χ4n) is 2.34. The molecule has 0 unspecified atom stereocenters. The summed E-state index contributed by atoms with van der Waals surface area (Å²) in [4.78, 5) is 1.74. The summed E-state index contributed by atoms with van der Waals surface area (Å²) in [7, 11) is 0. The van der Waals surface area contributed by atoms with E-state index in [4.69, 9.17) is 0 Å². The lowest BCUT2D eigenvalue weighted by atomic mass is 10.0. The van der Waals surface area contributed by atoms with E-state index in [1.807, 2.05) is 0 Å². The Morgan fingerprint density at radius 1 is 1.19 bits per heavy atom. The fraction of sp³-hybridized carbons (Fsp3) is 0.538. The number of nitrogens with one attached hydrogen (secondary N) is 1. The Kier molecular flexibility index (Phi) is 6.37. The van der Waals surface area contributed by atoms with E-state index < -0.39 is 30.3 Å². The number of rotatable bonds is 3. The second kappa shape index (κ2) is 7.38. The predicted octanol–water partition coefficient (Wildman–Crippen LogP) is 3.18. The van der Waals surface area contributed by atoms with E-state index in [9.17, 15) is 22.0 Å². The summed E-state index contributed by atoms with van der Waals surface area (Å²) >= 11 is 0. The van der Waals surface area contributed by atoms with Crippen molar-refractivity contribution in [3.8, 4) is 0 Å². The molecule has 0 spiro atoms. The second-order valence-electron chi connectivity index (χ2n) is 4.69. The summed E-state index contributed by atoms with van der Waals surface area (Å²) in [5.74, 6) is -1.01. The van der Waals surface area contributed by atoms with Crippen molar-refractivity contribution in [1.82, 2.24) is 10.2 Å². The Morgan fingerprint density at radius 2 is 1.81 bits per heavy atom. The van der Waals surface area contributed by atoms with Crippen LogP contribution in [0.5, 0.6) is 0 Å². The highest BCUT2D eigenvalue weighted by Gasteiger charge is 2.32. The van der Waals surface area contributed by atoms with Crippen LogP contribution in [0, 0.1) is 5.82 Å². The van der Waals surface area contributed by atoms with E-state index in [0.717, 1.165) is 12.1 Å². The lowest BCUT2D eigenvalue weighted by Crippen LogP contribution is -2.45. The van der Waals surface area contributed by atoms with E-state index in [2.05, 4.69) is 5.32 Å². The highest BCUT2D eigenvalue weighted by molar-refractivity contribution is 5.85. The molecule has 1 fully saturated rings. The maximum atomic E-state index is 13.9. The number of alkyl halides is 4. The largest absolute Gasteiger partial charge is 0.416 e. The number of benzene rings is 1. The van der Waals surface area contributed by atoms with Crippen LogP contribution in [0.15, 0.2) is 18.2 Å². The highest BCUT2D eigenvalue weighted by Crippen LogP contribution is 2.32. The van der Waals surface area contributed by atoms with Gasteiger partial charge in [0.1, 0.15) is 12.5 Å². The summed E-state index contributed by atoms with van der Waals surface area (Å²) in [6.45, 7) is 1.55. The van der Waals surface area contributed by atoms with Crippen molar-refractivity contribution in [2.45, 2.75) is 12.2 Å². The molecule has 0 saturated carbocycles.